The second-order valence-electron chi connectivity index (χ2n) is 5.80. The number of aromatic hydroxyl groups is 1. The van der Waals surface area contributed by atoms with E-state index in [0.29, 0.717) is 17.4 Å². The van der Waals surface area contributed by atoms with Crippen LogP contribution in [0, 0.1) is 6.92 Å². The lowest BCUT2D eigenvalue weighted by Crippen LogP contribution is -2.14. The first-order valence-electron chi connectivity index (χ1n) is 7.07. The van der Waals surface area contributed by atoms with Crippen molar-refractivity contribution in [2.45, 2.75) is 39.8 Å². The van der Waals surface area contributed by atoms with Crippen molar-refractivity contribution in [1.29, 1.82) is 0 Å². The molecule has 0 radical (unpaired) electrons. The summed E-state index contributed by atoms with van der Waals surface area (Å²) in [6, 6.07) is 8.70. The zero-order chi connectivity index (χ0) is 14.3. The molecule has 0 bridgehead atoms. The van der Waals surface area contributed by atoms with Crippen molar-refractivity contribution >= 4 is 5.69 Å². The fraction of sp³-hybridized carbons (Fsp3) is 0.353. The molecular weight excluding hydrogens is 248 g/mol. The van der Waals surface area contributed by atoms with Gasteiger partial charge in [0.25, 0.3) is 0 Å². The Balaban J connectivity index is 1.86. The topological polar surface area (TPSA) is 36.4 Å². The molecule has 1 aliphatic heterocycles. The lowest BCUT2D eigenvalue weighted by Gasteiger charge is -2.18. The van der Waals surface area contributed by atoms with Crippen molar-refractivity contribution in [3.63, 3.8) is 0 Å². The van der Waals surface area contributed by atoms with E-state index >= 15 is 0 Å². The molecule has 20 heavy (non-hydrogen) atoms. The molecule has 1 N–H and O–H groups in total. The summed E-state index contributed by atoms with van der Waals surface area (Å²) >= 11 is 0. The quantitative estimate of drug-likeness (QED) is 0.901. The SMILES string of the molecule is Cc1ncc2c(c1O)CN(c1ccc(C(C)C)cc1)C2. The number of benzene rings is 1. The third-order valence-electron chi connectivity index (χ3n) is 4.07. The average molecular weight is 268 g/mol. The number of anilines is 1. The molecule has 0 saturated carbocycles. The highest BCUT2D eigenvalue weighted by Crippen LogP contribution is 2.34. The maximum Gasteiger partial charge on any atom is 0.142 e. The van der Waals surface area contributed by atoms with Gasteiger partial charge in [0.2, 0.25) is 0 Å². The van der Waals surface area contributed by atoms with Gasteiger partial charge in [-0.05, 0) is 36.1 Å². The van der Waals surface area contributed by atoms with Crippen molar-refractivity contribution in [1.82, 2.24) is 4.98 Å². The minimum atomic E-state index is 0.351. The molecule has 2 aromatic rings. The fourth-order valence-corrected chi connectivity index (χ4v) is 2.70. The largest absolute Gasteiger partial charge is 0.506 e. The molecular formula is C17H20N2O. The molecule has 3 heteroatoms. The van der Waals surface area contributed by atoms with Crippen LogP contribution in [0.3, 0.4) is 0 Å². The number of nitrogens with zero attached hydrogens (tertiary/aromatic N) is 2. The van der Waals surface area contributed by atoms with Crippen molar-refractivity contribution in [2.75, 3.05) is 4.90 Å². The van der Waals surface area contributed by atoms with E-state index in [1.54, 1.807) is 0 Å². The molecule has 1 aliphatic rings. The van der Waals surface area contributed by atoms with Gasteiger partial charge in [0.15, 0.2) is 0 Å². The van der Waals surface area contributed by atoms with Crippen LogP contribution in [0.15, 0.2) is 30.5 Å². The summed E-state index contributed by atoms with van der Waals surface area (Å²) in [6.45, 7) is 7.82. The van der Waals surface area contributed by atoms with Gasteiger partial charge in [-0.1, -0.05) is 26.0 Å². The Kier molecular flexibility index (Phi) is 3.13. The highest BCUT2D eigenvalue weighted by atomic mass is 16.3. The van der Waals surface area contributed by atoms with Gasteiger partial charge >= 0.3 is 0 Å². The van der Waals surface area contributed by atoms with Crippen molar-refractivity contribution < 1.29 is 5.11 Å². The molecule has 3 nitrogen and oxygen atoms in total. The Morgan fingerprint density at radius 2 is 1.85 bits per heavy atom. The van der Waals surface area contributed by atoms with Crippen LogP contribution in [-0.2, 0) is 13.1 Å². The first-order valence-corrected chi connectivity index (χ1v) is 7.07. The first kappa shape index (κ1) is 13.0. The Labute approximate surface area is 119 Å². The summed E-state index contributed by atoms with van der Waals surface area (Å²) in [4.78, 5) is 6.51. The first-order chi connectivity index (χ1) is 9.56. The number of pyridine rings is 1. The molecule has 0 atom stereocenters. The number of hydrogen-bond donors (Lipinski definition) is 1. The van der Waals surface area contributed by atoms with Gasteiger partial charge in [-0.2, -0.15) is 0 Å². The van der Waals surface area contributed by atoms with E-state index in [4.69, 9.17) is 0 Å². The minimum Gasteiger partial charge on any atom is -0.506 e. The summed E-state index contributed by atoms with van der Waals surface area (Å²) in [7, 11) is 0. The molecule has 0 saturated heterocycles. The number of hydrogen-bond acceptors (Lipinski definition) is 3. The molecule has 0 fully saturated rings. The highest BCUT2D eigenvalue weighted by molar-refractivity contribution is 5.55. The Morgan fingerprint density at radius 3 is 2.50 bits per heavy atom. The second-order valence-corrected chi connectivity index (χ2v) is 5.80. The predicted molar refractivity (Wildman–Crippen MR) is 81.1 cm³/mol. The van der Waals surface area contributed by atoms with Crippen LogP contribution in [0.2, 0.25) is 0 Å². The summed E-state index contributed by atoms with van der Waals surface area (Å²) < 4.78 is 0. The third-order valence-corrected chi connectivity index (χ3v) is 4.07. The van der Waals surface area contributed by atoms with Crippen LogP contribution in [0.4, 0.5) is 5.69 Å². The average Bonchev–Trinajstić information content (AvgIpc) is 2.88. The molecule has 3 rings (SSSR count). The van der Waals surface area contributed by atoms with Gasteiger partial charge in [-0.15, -0.1) is 0 Å². The van der Waals surface area contributed by atoms with Crippen molar-refractivity contribution in [2.24, 2.45) is 0 Å². The lowest BCUT2D eigenvalue weighted by molar-refractivity contribution is 0.461. The predicted octanol–water partition coefficient (Wildman–Crippen LogP) is 3.74. The van der Waals surface area contributed by atoms with Gasteiger partial charge < -0.3 is 10.0 Å². The van der Waals surface area contributed by atoms with E-state index in [9.17, 15) is 5.11 Å². The number of fused-ring (bicyclic) bond motifs is 1. The van der Waals surface area contributed by atoms with Crippen LogP contribution in [-0.4, -0.2) is 10.1 Å². The van der Waals surface area contributed by atoms with E-state index in [0.717, 1.165) is 24.2 Å². The van der Waals surface area contributed by atoms with E-state index in [1.807, 2.05) is 13.1 Å². The summed E-state index contributed by atoms with van der Waals surface area (Å²) in [5, 5.41) is 10.1. The second kappa shape index (κ2) is 4.82. The molecule has 0 spiro atoms. The Morgan fingerprint density at radius 1 is 1.15 bits per heavy atom. The van der Waals surface area contributed by atoms with Crippen LogP contribution in [0.25, 0.3) is 0 Å². The smallest absolute Gasteiger partial charge is 0.142 e. The molecule has 1 aromatic heterocycles. The summed E-state index contributed by atoms with van der Waals surface area (Å²) in [5.74, 6) is 0.902. The monoisotopic (exact) mass is 268 g/mol. The van der Waals surface area contributed by atoms with Crippen LogP contribution in [0.1, 0.15) is 42.1 Å². The Hall–Kier alpha value is -2.03. The summed E-state index contributed by atoms with van der Waals surface area (Å²) in [5.41, 5.74) is 5.40. The maximum absolute atomic E-state index is 10.1. The standard InChI is InChI=1S/C17H20N2O/c1-11(2)13-4-6-15(7-5-13)19-9-14-8-18-12(3)17(20)16(14)10-19/h4-8,11,20H,9-10H2,1-3H3. The molecule has 0 unspecified atom stereocenters. The van der Waals surface area contributed by atoms with Crippen molar-refractivity contribution in [3.05, 3.63) is 52.8 Å². The van der Waals surface area contributed by atoms with Crippen molar-refractivity contribution in [3.8, 4) is 5.75 Å². The van der Waals surface area contributed by atoms with Gasteiger partial charge in [-0.25, -0.2) is 0 Å². The maximum atomic E-state index is 10.1. The molecule has 1 aromatic carbocycles. The van der Waals surface area contributed by atoms with Gasteiger partial charge in [0.1, 0.15) is 5.75 Å². The lowest BCUT2D eigenvalue weighted by atomic mass is 10.0. The zero-order valence-electron chi connectivity index (χ0n) is 12.2. The van der Waals surface area contributed by atoms with Gasteiger partial charge in [-0.3, -0.25) is 4.98 Å². The molecule has 2 heterocycles. The van der Waals surface area contributed by atoms with E-state index in [1.165, 1.54) is 11.3 Å². The van der Waals surface area contributed by atoms with Gasteiger partial charge in [0.05, 0.1) is 5.69 Å². The van der Waals surface area contributed by atoms with E-state index in [-0.39, 0.29) is 0 Å². The highest BCUT2D eigenvalue weighted by Gasteiger charge is 2.23. The number of aryl methyl sites for hydroxylation is 1. The zero-order valence-corrected chi connectivity index (χ0v) is 12.2. The minimum absolute atomic E-state index is 0.351. The molecule has 0 amide bonds. The summed E-state index contributed by atoms with van der Waals surface area (Å²) in [6.07, 6.45) is 1.88. The Bertz CT molecular complexity index is 632. The van der Waals surface area contributed by atoms with Gasteiger partial charge in [0, 0.05) is 30.5 Å². The van der Waals surface area contributed by atoms with Crippen LogP contribution in [0.5, 0.6) is 5.75 Å². The molecule has 0 aliphatic carbocycles. The normalized spacial score (nSPS) is 13.9. The molecule has 104 valence electrons. The fourth-order valence-electron chi connectivity index (χ4n) is 2.70. The van der Waals surface area contributed by atoms with Crippen LogP contribution < -0.4 is 4.90 Å². The number of rotatable bonds is 2. The third kappa shape index (κ3) is 2.13. The van der Waals surface area contributed by atoms with Crippen LogP contribution >= 0.6 is 0 Å². The van der Waals surface area contributed by atoms with E-state index < -0.39 is 0 Å². The number of aromatic nitrogens is 1. The van der Waals surface area contributed by atoms with E-state index in [2.05, 4.69) is 48.0 Å².